The van der Waals surface area contributed by atoms with Gasteiger partial charge in [-0.05, 0) is 26.3 Å². The molecule has 4 aliphatic rings. The summed E-state index contributed by atoms with van der Waals surface area (Å²) in [7, 11) is 0. The van der Waals surface area contributed by atoms with Gasteiger partial charge in [0.1, 0.15) is 35.6 Å². The summed E-state index contributed by atoms with van der Waals surface area (Å²) in [4.78, 5) is 17.3. The van der Waals surface area contributed by atoms with Gasteiger partial charge in [-0.2, -0.15) is 15.0 Å². The highest BCUT2D eigenvalue weighted by Gasteiger charge is 2.49. The standard InChI is InChI=1S/C21H24ClF2N5O3/c1-11-13-9-30-6-5-29(13)18-14-16(15(24)17(22)26-19(14)32-11)25-20(27-18)31-10-21-3-2-4-28(21)8-12(23)7-21/h11-13H,2-10H2,1H3/t11-,12+,13-,21-/m0/s1. The van der Waals surface area contributed by atoms with Crippen molar-refractivity contribution in [3.8, 4) is 11.9 Å². The first kappa shape index (κ1) is 20.6. The number of nitrogens with zero attached hydrogens (tertiary/aromatic N) is 5. The number of rotatable bonds is 3. The largest absolute Gasteiger partial charge is 0.472 e. The monoisotopic (exact) mass is 467 g/mol. The zero-order chi connectivity index (χ0) is 22.0. The summed E-state index contributed by atoms with van der Waals surface area (Å²) in [6, 6.07) is -0.0836. The van der Waals surface area contributed by atoms with Crippen molar-refractivity contribution in [2.75, 3.05) is 44.4 Å². The number of hydrogen-bond acceptors (Lipinski definition) is 8. The topological polar surface area (TPSA) is 72.8 Å². The Bertz CT molecular complexity index is 1080. The number of ether oxygens (including phenoxy) is 3. The molecule has 11 heteroatoms. The van der Waals surface area contributed by atoms with Gasteiger partial charge in [-0.3, -0.25) is 4.90 Å². The van der Waals surface area contributed by atoms with E-state index in [1.807, 2.05) is 11.8 Å². The summed E-state index contributed by atoms with van der Waals surface area (Å²) < 4.78 is 46.9. The van der Waals surface area contributed by atoms with Crippen molar-refractivity contribution in [2.45, 2.75) is 50.0 Å². The third kappa shape index (κ3) is 3.10. The lowest BCUT2D eigenvalue weighted by Crippen LogP contribution is -2.52. The van der Waals surface area contributed by atoms with Crippen molar-refractivity contribution < 1.29 is 23.0 Å². The molecule has 0 unspecified atom stereocenters. The van der Waals surface area contributed by atoms with Crippen LogP contribution >= 0.6 is 11.6 Å². The van der Waals surface area contributed by atoms with E-state index in [0.29, 0.717) is 43.9 Å². The lowest BCUT2D eigenvalue weighted by atomic mass is 9.95. The summed E-state index contributed by atoms with van der Waals surface area (Å²) in [5.41, 5.74) is -0.347. The van der Waals surface area contributed by atoms with Crippen LogP contribution < -0.4 is 14.4 Å². The highest BCUT2D eigenvalue weighted by molar-refractivity contribution is 6.30. The van der Waals surface area contributed by atoms with Gasteiger partial charge in [0.15, 0.2) is 11.0 Å². The second-order valence-electron chi connectivity index (χ2n) is 9.10. The van der Waals surface area contributed by atoms with E-state index in [1.165, 1.54) is 0 Å². The zero-order valence-electron chi connectivity index (χ0n) is 17.7. The fourth-order valence-electron chi connectivity index (χ4n) is 5.61. The maximum Gasteiger partial charge on any atom is 0.319 e. The Morgan fingerprint density at radius 3 is 3.03 bits per heavy atom. The number of fused-ring (bicyclic) bond motifs is 3. The molecule has 0 N–H and O–H groups in total. The minimum Gasteiger partial charge on any atom is -0.472 e. The molecular formula is C21H24ClF2N5O3. The molecule has 0 amide bonds. The van der Waals surface area contributed by atoms with Gasteiger partial charge in [0.25, 0.3) is 0 Å². The molecule has 4 aliphatic heterocycles. The van der Waals surface area contributed by atoms with Gasteiger partial charge in [-0.25, -0.2) is 8.78 Å². The molecule has 172 valence electrons. The van der Waals surface area contributed by atoms with Gasteiger partial charge < -0.3 is 19.1 Å². The number of pyridine rings is 1. The number of halogens is 3. The van der Waals surface area contributed by atoms with Crippen molar-refractivity contribution >= 4 is 28.3 Å². The molecule has 3 saturated heterocycles. The van der Waals surface area contributed by atoms with Crippen LogP contribution in [0, 0.1) is 5.82 Å². The van der Waals surface area contributed by atoms with Crippen LogP contribution in [0.5, 0.6) is 11.9 Å². The molecule has 4 atom stereocenters. The molecule has 6 heterocycles. The van der Waals surface area contributed by atoms with Crippen LogP contribution in [-0.2, 0) is 4.74 Å². The normalized spacial score (nSPS) is 31.9. The minimum absolute atomic E-state index is 0.00918. The molecule has 0 bridgehead atoms. The Balaban J connectivity index is 1.43. The van der Waals surface area contributed by atoms with Gasteiger partial charge in [0, 0.05) is 19.5 Å². The molecule has 2 aromatic heterocycles. The van der Waals surface area contributed by atoms with Crippen LogP contribution in [0.2, 0.25) is 5.15 Å². The predicted octanol–water partition coefficient (Wildman–Crippen LogP) is 2.76. The first-order valence-electron chi connectivity index (χ1n) is 11.0. The van der Waals surface area contributed by atoms with E-state index < -0.39 is 12.0 Å². The Morgan fingerprint density at radius 2 is 2.16 bits per heavy atom. The van der Waals surface area contributed by atoms with Crippen LogP contribution in [-0.4, -0.2) is 83.2 Å². The second kappa shape index (κ2) is 7.50. The summed E-state index contributed by atoms with van der Waals surface area (Å²) in [6.07, 6.45) is 1.15. The SMILES string of the molecule is C[C@@H]1Oc2nc(Cl)c(F)c3nc(OC[C@@]45CCCN4C[C@H](F)C5)nc(c23)N2CCOC[C@@H]12. The molecule has 8 nitrogen and oxygen atoms in total. The van der Waals surface area contributed by atoms with Crippen LogP contribution in [0.1, 0.15) is 26.2 Å². The number of aromatic nitrogens is 3. The van der Waals surface area contributed by atoms with E-state index in [1.54, 1.807) is 0 Å². The highest BCUT2D eigenvalue weighted by atomic mass is 35.5. The average Bonchev–Trinajstić information content (AvgIpc) is 3.27. The summed E-state index contributed by atoms with van der Waals surface area (Å²) >= 11 is 6.07. The minimum atomic E-state index is -0.862. The van der Waals surface area contributed by atoms with Crippen molar-refractivity contribution in [2.24, 2.45) is 0 Å². The van der Waals surface area contributed by atoms with E-state index in [4.69, 9.17) is 25.8 Å². The van der Waals surface area contributed by atoms with E-state index in [9.17, 15) is 4.39 Å². The Hall–Kier alpha value is -2.04. The molecule has 3 fully saturated rings. The van der Waals surface area contributed by atoms with Crippen LogP contribution in [0.4, 0.5) is 14.6 Å². The van der Waals surface area contributed by atoms with Gasteiger partial charge in [-0.15, -0.1) is 0 Å². The lowest BCUT2D eigenvalue weighted by Gasteiger charge is -2.37. The summed E-state index contributed by atoms with van der Waals surface area (Å²) in [6.45, 7) is 4.98. The maximum absolute atomic E-state index is 15.1. The van der Waals surface area contributed by atoms with Crippen molar-refractivity contribution in [3.05, 3.63) is 11.0 Å². The molecule has 2 aromatic rings. The predicted molar refractivity (Wildman–Crippen MR) is 113 cm³/mol. The Morgan fingerprint density at radius 1 is 1.28 bits per heavy atom. The average molecular weight is 468 g/mol. The smallest absolute Gasteiger partial charge is 0.319 e. The lowest BCUT2D eigenvalue weighted by molar-refractivity contribution is 0.0523. The Labute approximate surface area is 188 Å². The van der Waals surface area contributed by atoms with Crippen molar-refractivity contribution in [1.82, 2.24) is 19.9 Å². The molecule has 6 rings (SSSR count). The first-order chi connectivity index (χ1) is 15.4. The van der Waals surface area contributed by atoms with Crippen molar-refractivity contribution in [3.63, 3.8) is 0 Å². The number of hydrogen-bond donors (Lipinski definition) is 0. The number of anilines is 1. The highest BCUT2D eigenvalue weighted by Crippen LogP contribution is 2.42. The third-order valence-electron chi connectivity index (χ3n) is 7.18. The molecular weight excluding hydrogens is 444 g/mol. The van der Waals surface area contributed by atoms with E-state index in [-0.39, 0.29) is 46.9 Å². The van der Waals surface area contributed by atoms with E-state index >= 15 is 4.39 Å². The van der Waals surface area contributed by atoms with Crippen LogP contribution in [0.15, 0.2) is 0 Å². The molecule has 0 radical (unpaired) electrons. The summed E-state index contributed by atoms with van der Waals surface area (Å²) in [5.74, 6) is -0.0463. The van der Waals surface area contributed by atoms with E-state index in [0.717, 1.165) is 19.4 Å². The molecule has 32 heavy (non-hydrogen) atoms. The Kier molecular flexibility index (Phi) is 4.82. The zero-order valence-corrected chi connectivity index (χ0v) is 18.4. The van der Waals surface area contributed by atoms with Gasteiger partial charge >= 0.3 is 6.01 Å². The molecule has 0 saturated carbocycles. The second-order valence-corrected chi connectivity index (χ2v) is 9.46. The molecule has 0 aromatic carbocycles. The fraction of sp³-hybridized carbons (Fsp3) is 0.667. The first-order valence-corrected chi connectivity index (χ1v) is 11.4. The fourth-order valence-corrected chi connectivity index (χ4v) is 5.78. The molecule has 0 spiro atoms. The molecule has 0 aliphatic carbocycles. The van der Waals surface area contributed by atoms with Crippen molar-refractivity contribution in [1.29, 1.82) is 0 Å². The van der Waals surface area contributed by atoms with Gasteiger partial charge in [-0.1, -0.05) is 11.6 Å². The van der Waals surface area contributed by atoms with Gasteiger partial charge in [0.2, 0.25) is 5.88 Å². The number of alkyl halides is 1. The van der Waals surface area contributed by atoms with Crippen LogP contribution in [0.25, 0.3) is 10.9 Å². The summed E-state index contributed by atoms with van der Waals surface area (Å²) in [5, 5.41) is 0.0592. The van der Waals surface area contributed by atoms with E-state index in [2.05, 4.69) is 19.9 Å². The van der Waals surface area contributed by atoms with Gasteiger partial charge in [0.05, 0.1) is 24.8 Å². The quantitative estimate of drug-likeness (QED) is 0.638. The maximum atomic E-state index is 15.1. The number of morpholine rings is 1. The third-order valence-corrected chi connectivity index (χ3v) is 7.43. The van der Waals surface area contributed by atoms with Crippen LogP contribution in [0.3, 0.4) is 0 Å².